The SMILES string of the molecule is CC.COc1ccc(C(=O)Cl)cc1. The fraction of sp³-hybridized carbons (Fsp3) is 0.300. The predicted molar refractivity (Wildman–Crippen MR) is 54.5 cm³/mol. The molecule has 3 heteroatoms. The molecule has 0 bridgehead atoms. The largest absolute Gasteiger partial charge is 0.497 e. The zero-order valence-electron chi connectivity index (χ0n) is 8.00. The Morgan fingerprint density at radius 2 is 1.69 bits per heavy atom. The maximum absolute atomic E-state index is 10.6. The van der Waals surface area contributed by atoms with Gasteiger partial charge < -0.3 is 4.74 Å². The Kier molecular flexibility index (Phi) is 5.98. The molecule has 0 unspecified atom stereocenters. The minimum atomic E-state index is -0.451. The van der Waals surface area contributed by atoms with Crippen LogP contribution in [-0.4, -0.2) is 12.4 Å². The van der Waals surface area contributed by atoms with Crippen LogP contribution in [0.15, 0.2) is 24.3 Å². The van der Waals surface area contributed by atoms with E-state index < -0.39 is 5.24 Å². The molecule has 13 heavy (non-hydrogen) atoms. The molecule has 0 fully saturated rings. The first-order valence-corrected chi connectivity index (χ1v) is 4.45. The van der Waals surface area contributed by atoms with Crippen molar-refractivity contribution in [1.29, 1.82) is 0 Å². The van der Waals surface area contributed by atoms with Gasteiger partial charge in [0.25, 0.3) is 5.24 Å². The number of rotatable bonds is 2. The molecule has 0 atom stereocenters. The van der Waals surface area contributed by atoms with E-state index in [1.165, 1.54) is 0 Å². The van der Waals surface area contributed by atoms with E-state index >= 15 is 0 Å². The van der Waals surface area contributed by atoms with Crippen molar-refractivity contribution in [3.8, 4) is 5.75 Å². The van der Waals surface area contributed by atoms with Crippen LogP contribution in [0.25, 0.3) is 0 Å². The fourth-order valence-corrected chi connectivity index (χ4v) is 0.848. The summed E-state index contributed by atoms with van der Waals surface area (Å²) in [6.45, 7) is 4.00. The summed E-state index contributed by atoms with van der Waals surface area (Å²) in [7, 11) is 1.57. The van der Waals surface area contributed by atoms with Crippen LogP contribution in [0.1, 0.15) is 24.2 Å². The molecule has 0 saturated carbocycles. The fourth-order valence-electron chi connectivity index (χ4n) is 0.722. The summed E-state index contributed by atoms with van der Waals surface area (Å²) in [5.41, 5.74) is 0.479. The maximum atomic E-state index is 10.6. The van der Waals surface area contributed by atoms with Crippen LogP contribution in [0.3, 0.4) is 0 Å². The summed E-state index contributed by atoms with van der Waals surface area (Å²) in [4.78, 5) is 10.6. The van der Waals surface area contributed by atoms with Gasteiger partial charge in [0, 0.05) is 5.56 Å². The van der Waals surface area contributed by atoms with Crippen LogP contribution < -0.4 is 4.74 Å². The Hall–Kier alpha value is -1.02. The summed E-state index contributed by atoms with van der Waals surface area (Å²) >= 11 is 5.22. The van der Waals surface area contributed by atoms with E-state index in [4.69, 9.17) is 16.3 Å². The summed E-state index contributed by atoms with van der Waals surface area (Å²) in [6, 6.07) is 6.62. The van der Waals surface area contributed by atoms with E-state index in [2.05, 4.69) is 0 Å². The summed E-state index contributed by atoms with van der Waals surface area (Å²) < 4.78 is 4.89. The second-order valence-electron chi connectivity index (χ2n) is 2.00. The molecule has 0 radical (unpaired) electrons. The van der Waals surface area contributed by atoms with Crippen molar-refractivity contribution in [2.45, 2.75) is 13.8 Å². The number of hydrogen-bond acceptors (Lipinski definition) is 2. The lowest BCUT2D eigenvalue weighted by molar-refractivity contribution is 0.108. The smallest absolute Gasteiger partial charge is 0.252 e. The maximum Gasteiger partial charge on any atom is 0.252 e. The van der Waals surface area contributed by atoms with Crippen molar-refractivity contribution >= 4 is 16.8 Å². The molecule has 0 aliphatic rings. The monoisotopic (exact) mass is 200 g/mol. The Bertz CT molecular complexity index is 254. The molecule has 0 heterocycles. The van der Waals surface area contributed by atoms with Crippen molar-refractivity contribution in [3.63, 3.8) is 0 Å². The van der Waals surface area contributed by atoms with Crippen LogP contribution in [0.5, 0.6) is 5.75 Å². The average Bonchev–Trinajstić information content (AvgIpc) is 2.21. The van der Waals surface area contributed by atoms with Gasteiger partial charge >= 0.3 is 0 Å². The van der Waals surface area contributed by atoms with Crippen molar-refractivity contribution < 1.29 is 9.53 Å². The van der Waals surface area contributed by atoms with Gasteiger partial charge in [-0.3, -0.25) is 4.79 Å². The molecular weight excluding hydrogens is 188 g/mol. The minimum Gasteiger partial charge on any atom is -0.497 e. The van der Waals surface area contributed by atoms with E-state index in [0.717, 1.165) is 0 Å². The molecule has 0 N–H and O–H groups in total. The van der Waals surface area contributed by atoms with Gasteiger partial charge in [0.05, 0.1) is 7.11 Å². The van der Waals surface area contributed by atoms with Gasteiger partial charge in [-0.05, 0) is 35.9 Å². The second-order valence-corrected chi connectivity index (χ2v) is 2.35. The van der Waals surface area contributed by atoms with E-state index in [1.54, 1.807) is 31.4 Å². The molecule has 0 aliphatic carbocycles. The Labute approximate surface area is 83.5 Å². The Balaban J connectivity index is 0.000000671. The summed E-state index contributed by atoms with van der Waals surface area (Å²) in [5.74, 6) is 0.715. The van der Waals surface area contributed by atoms with Crippen LogP contribution in [-0.2, 0) is 0 Å². The van der Waals surface area contributed by atoms with Crippen molar-refractivity contribution in [3.05, 3.63) is 29.8 Å². The highest BCUT2D eigenvalue weighted by molar-refractivity contribution is 6.67. The molecule has 1 aromatic rings. The summed E-state index contributed by atoms with van der Waals surface area (Å²) in [6.07, 6.45) is 0. The van der Waals surface area contributed by atoms with Crippen molar-refractivity contribution in [2.24, 2.45) is 0 Å². The molecular formula is C10H13ClO2. The number of carbonyl (C=O) groups is 1. The lowest BCUT2D eigenvalue weighted by atomic mass is 10.2. The highest BCUT2D eigenvalue weighted by Gasteiger charge is 1.99. The van der Waals surface area contributed by atoms with Crippen LogP contribution in [0.2, 0.25) is 0 Å². The zero-order valence-corrected chi connectivity index (χ0v) is 8.76. The molecule has 0 spiro atoms. The number of ether oxygens (including phenoxy) is 1. The molecule has 0 aromatic heterocycles. The third kappa shape index (κ3) is 3.95. The van der Waals surface area contributed by atoms with Gasteiger partial charge in [-0.15, -0.1) is 0 Å². The van der Waals surface area contributed by atoms with Gasteiger partial charge in [0.15, 0.2) is 0 Å². The van der Waals surface area contributed by atoms with Gasteiger partial charge in [0.1, 0.15) is 5.75 Å². The number of methoxy groups -OCH3 is 1. The third-order valence-electron chi connectivity index (χ3n) is 1.32. The molecule has 1 rings (SSSR count). The molecule has 0 amide bonds. The number of hydrogen-bond donors (Lipinski definition) is 0. The zero-order chi connectivity index (χ0) is 10.3. The van der Waals surface area contributed by atoms with Crippen LogP contribution in [0, 0.1) is 0 Å². The van der Waals surface area contributed by atoms with Crippen LogP contribution in [0.4, 0.5) is 0 Å². The van der Waals surface area contributed by atoms with Gasteiger partial charge in [-0.2, -0.15) is 0 Å². The normalized spacial score (nSPS) is 8.31. The Morgan fingerprint density at radius 1 is 1.23 bits per heavy atom. The lowest BCUT2D eigenvalue weighted by Crippen LogP contribution is -1.88. The molecule has 2 nitrogen and oxygen atoms in total. The van der Waals surface area contributed by atoms with E-state index in [1.807, 2.05) is 13.8 Å². The number of halogens is 1. The Morgan fingerprint density at radius 3 is 2.00 bits per heavy atom. The molecule has 0 aliphatic heterocycles. The average molecular weight is 201 g/mol. The van der Waals surface area contributed by atoms with E-state index in [9.17, 15) is 4.79 Å². The highest BCUT2D eigenvalue weighted by Crippen LogP contribution is 2.12. The highest BCUT2D eigenvalue weighted by atomic mass is 35.5. The van der Waals surface area contributed by atoms with Gasteiger partial charge in [0.2, 0.25) is 0 Å². The van der Waals surface area contributed by atoms with Crippen molar-refractivity contribution in [2.75, 3.05) is 7.11 Å². The lowest BCUT2D eigenvalue weighted by Gasteiger charge is -1.98. The number of benzene rings is 1. The van der Waals surface area contributed by atoms with Gasteiger partial charge in [-0.1, -0.05) is 13.8 Å². The summed E-state index contributed by atoms with van der Waals surface area (Å²) in [5, 5.41) is -0.451. The third-order valence-corrected chi connectivity index (χ3v) is 1.54. The second kappa shape index (κ2) is 6.49. The first kappa shape index (κ1) is 12.0. The minimum absolute atomic E-state index is 0.451. The molecule has 72 valence electrons. The van der Waals surface area contributed by atoms with E-state index in [-0.39, 0.29) is 0 Å². The molecule has 1 aromatic carbocycles. The predicted octanol–water partition coefficient (Wildman–Crippen LogP) is 3.10. The van der Waals surface area contributed by atoms with E-state index in [0.29, 0.717) is 11.3 Å². The first-order valence-electron chi connectivity index (χ1n) is 4.08. The van der Waals surface area contributed by atoms with Crippen molar-refractivity contribution in [1.82, 2.24) is 0 Å². The topological polar surface area (TPSA) is 26.3 Å². The van der Waals surface area contributed by atoms with Crippen LogP contribution >= 0.6 is 11.6 Å². The molecule has 0 saturated heterocycles. The van der Waals surface area contributed by atoms with Gasteiger partial charge in [-0.25, -0.2) is 0 Å². The quantitative estimate of drug-likeness (QED) is 0.686. The standard InChI is InChI=1S/C8H7ClO2.C2H6/c1-11-7-4-2-6(3-5-7)8(9)10;1-2/h2-5H,1H3;1-2H3. The number of carbonyl (C=O) groups excluding carboxylic acids is 1. The first-order chi connectivity index (χ1) is 6.24.